The second kappa shape index (κ2) is 7.10. The van der Waals surface area contributed by atoms with Crippen LogP contribution >= 0.6 is 0 Å². The van der Waals surface area contributed by atoms with Crippen molar-refractivity contribution in [1.82, 2.24) is 15.1 Å². The predicted octanol–water partition coefficient (Wildman–Crippen LogP) is 2.40. The Hall–Kier alpha value is -0.610. The van der Waals surface area contributed by atoms with Crippen molar-refractivity contribution >= 4 is 5.91 Å². The Morgan fingerprint density at radius 2 is 1.81 bits per heavy atom. The summed E-state index contributed by atoms with van der Waals surface area (Å²) in [6, 6.07) is -0.00689. The largest absolute Gasteiger partial charge is 0.325 e. The molecular formula is C17H35N3O. The fourth-order valence-electron chi connectivity index (χ4n) is 3.44. The third-order valence-electron chi connectivity index (χ3n) is 3.97. The molecule has 1 rings (SSSR count). The molecule has 2 atom stereocenters. The summed E-state index contributed by atoms with van der Waals surface area (Å²) in [5, 5.41) is 3.56. The minimum atomic E-state index is -0.00689. The first-order valence-corrected chi connectivity index (χ1v) is 8.25. The molecule has 1 fully saturated rings. The molecule has 2 unspecified atom stereocenters. The van der Waals surface area contributed by atoms with Gasteiger partial charge in [-0.25, -0.2) is 0 Å². The molecule has 1 N–H and O–H groups in total. The van der Waals surface area contributed by atoms with E-state index in [-0.39, 0.29) is 23.5 Å². The lowest BCUT2D eigenvalue weighted by molar-refractivity contribution is -0.132. The van der Waals surface area contributed by atoms with Crippen molar-refractivity contribution in [2.24, 2.45) is 17.3 Å². The van der Waals surface area contributed by atoms with Gasteiger partial charge in [0.2, 0.25) is 5.91 Å². The Morgan fingerprint density at radius 3 is 2.24 bits per heavy atom. The number of hydrogen-bond donors (Lipinski definition) is 1. The molecule has 0 aromatic heterocycles. The van der Waals surface area contributed by atoms with Crippen molar-refractivity contribution in [3.05, 3.63) is 0 Å². The molecule has 0 radical (unpaired) electrons. The van der Waals surface area contributed by atoms with Crippen LogP contribution in [0.1, 0.15) is 48.0 Å². The van der Waals surface area contributed by atoms with Gasteiger partial charge in [0.1, 0.15) is 0 Å². The maximum absolute atomic E-state index is 12.8. The van der Waals surface area contributed by atoms with Crippen LogP contribution in [-0.2, 0) is 4.79 Å². The Bertz CT molecular complexity index is 350. The molecule has 0 aromatic rings. The van der Waals surface area contributed by atoms with Crippen LogP contribution in [0, 0.1) is 17.3 Å². The zero-order valence-corrected chi connectivity index (χ0v) is 15.2. The smallest absolute Gasteiger partial charge is 0.241 e. The number of nitrogens with zero attached hydrogens (tertiary/aromatic N) is 2. The van der Waals surface area contributed by atoms with Crippen molar-refractivity contribution in [3.8, 4) is 0 Å². The van der Waals surface area contributed by atoms with Crippen LogP contribution in [0.3, 0.4) is 0 Å². The highest BCUT2D eigenvalue weighted by Gasteiger charge is 2.42. The van der Waals surface area contributed by atoms with E-state index in [4.69, 9.17) is 0 Å². The van der Waals surface area contributed by atoms with Gasteiger partial charge in [-0.2, -0.15) is 0 Å². The van der Waals surface area contributed by atoms with Crippen LogP contribution in [0.25, 0.3) is 0 Å². The lowest BCUT2D eigenvalue weighted by atomic mass is 9.91. The van der Waals surface area contributed by atoms with E-state index in [2.05, 4.69) is 70.8 Å². The average molecular weight is 297 g/mol. The molecular weight excluding hydrogens is 262 g/mol. The van der Waals surface area contributed by atoms with Crippen LogP contribution in [0.5, 0.6) is 0 Å². The Balaban J connectivity index is 2.83. The predicted molar refractivity (Wildman–Crippen MR) is 89.1 cm³/mol. The number of amides is 1. The number of hydrogen-bond acceptors (Lipinski definition) is 3. The van der Waals surface area contributed by atoms with Crippen LogP contribution in [0.2, 0.25) is 0 Å². The summed E-state index contributed by atoms with van der Waals surface area (Å²) < 4.78 is 0. The summed E-state index contributed by atoms with van der Waals surface area (Å²) in [6.45, 7) is 15.0. The molecule has 0 bridgehead atoms. The summed E-state index contributed by atoms with van der Waals surface area (Å²) in [5.74, 6) is 1.25. The first kappa shape index (κ1) is 18.4. The van der Waals surface area contributed by atoms with Crippen molar-refractivity contribution in [3.63, 3.8) is 0 Å². The van der Waals surface area contributed by atoms with E-state index in [0.29, 0.717) is 11.8 Å². The molecule has 4 nitrogen and oxygen atoms in total. The van der Waals surface area contributed by atoms with Crippen molar-refractivity contribution < 1.29 is 4.79 Å². The zero-order chi connectivity index (χ0) is 16.4. The second-order valence-corrected chi connectivity index (χ2v) is 8.41. The molecule has 1 heterocycles. The molecule has 1 aliphatic heterocycles. The maximum Gasteiger partial charge on any atom is 0.241 e. The fourth-order valence-corrected chi connectivity index (χ4v) is 3.44. The van der Waals surface area contributed by atoms with Gasteiger partial charge in [-0.1, -0.05) is 41.5 Å². The van der Waals surface area contributed by atoms with Crippen molar-refractivity contribution in [1.29, 1.82) is 0 Å². The lowest BCUT2D eigenvalue weighted by Gasteiger charge is -2.36. The molecule has 1 aliphatic rings. The van der Waals surface area contributed by atoms with Gasteiger partial charge in [0, 0.05) is 13.1 Å². The zero-order valence-electron chi connectivity index (χ0n) is 15.2. The normalized spacial score (nSPS) is 24.0. The van der Waals surface area contributed by atoms with Gasteiger partial charge >= 0.3 is 0 Å². The van der Waals surface area contributed by atoms with Gasteiger partial charge in [-0.15, -0.1) is 0 Å². The highest BCUT2D eigenvalue weighted by Crippen LogP contribution is 2.27. The standard InChI is InChI=1S/C17H35N3O/c1-12(2)9-14-16(21)20(15(18-14)13(3)4)11-17(5,6)10-19(7)8/h12-15,18H,9-11H2,1-8H3. The molecule has 21 heavy (non-hydrogen) atoms. The summed E-state index contributed by atoms with van der Waals surface area (Å²) in [4.78, 5) is 17.1. The van der Waals surface area contributed by atoms with Crippen LogP contribution in [0.4, 0.5) is 0 Å². The maximum atomic E-state index is 12.8. The summed E-state index contributed by atoms with van der Waals surface area (Å²) in [7, 11) is 4.18. The number of carbonyl (C=O) groups is 1. The monoisotopic (exact) mass is 297 g/mol. The second-order valence-electron chi connectivity index (χ2n) is 8.41. The Morgan fingerprint density at radius 1 is 1.24 bits per heavy atom. The first-order chi connectivity index (χ1) is 9.53. The first-order valence-electron chi connectivity index (χ1n) is 8.25. The van der Waals surface area contributed by atoms with Gasteiger partial charge in [-0.05, 0) is 37.8 Å². The van der Waals surface area contributed by atoms with E-state index >= 15 is 0 Å². The van der Waals surface area contributed by atoms with Gasteiger partial charge < -0.3 is 9.80 Å². The fraction of sp³-hybridized carbons (Fsp3) is 0.941. The minimum absolute atomic E-state index is 0.00689. The average Bonchev–Trinajstić information content (AvgIpc) is 2.54. The molecule has 0 saturated carbocycles. The molecule has 0 aliphatic carbocycles. The number of carbonyl (C=O) groups excluding carboxylic acids is 1. The summed E-state index contributed by atoms with van der Waals surface area (Å²) >= 11 is 0. The van der Waals surface area contributed by atoms with Crippen LogP contribution < -0.4 is 5.32 Å². The molecule has 1 amide bonds. The van der Waals surface area contributed by atoms with E-state index in [1.54, 1.807) is 0 Å². The Kier molecular flexibility index (Phi) is 6.23. The molecule has 0 spiro atoms. The third kappa shape index (κ3) is 5.26. The van der Waals surface area contributed by atoms with E-state index in [1.165, 1.54) is 0 Å². The van der Waals surface area contributed by atoms with E-state index in [0.717, 1.165) is 19.5 Å². The van der Waals surface area contributed by atoms with E-state index < -0.39 is 0 Å². The SMILES string of the molecule is CC(C)CC1NC(C(C)C)N(CC(C)(C)CN(C)C)C1=O. The third-order valence-corrected chi connectivity index (χ3v) is 3.97. The Labute approximate surface area is 131 Å². The van der Waals surface area contributed by atoms with E-state index in [1.807, 2.05) is 0 Å². The number of rotatable bonds is 7. The number of nitrogens with one attached hydrogen (secondary N) is 1. The van der Waals surface area contributed by atoms with Gasteiger partial charge in [0.25, 0.3) is 0 Å². The van der Waals surface area contributed by atoms with Crippen LogP contribution in [0.15, 0.2) is 0 Å². The highest BCUT2D eigenvalue weighted by atomic mass is 16.2. The van der Waals surface area contributed by atoms with E-state index in [9.17, 15) is 4.79 Å². The minimum Gasteiger partial charge on any atom is -0.325 e. The molecule has 124 valence electrons. The molecule has 1 saturated heterocycles. The van der Waals surface area contributed by atoms with Crippen molar-refractivity contribution in [2.45, 2.75) is 60.2 Å². The van der Waals surface area contributed by atoms with Crippen molar-refractivity contribution in [2.75, 3.05) is 27.2 Å². The summed E-state index contributed by atoms with van der Waals surface area (Å²) in [6.07, 6.45) is 1.09. The summed E-state index contributed by atoms with van der Waals surface area (Å²) in [5.41, 5.74) is 0.0979. The molecule has 0 aromatic carbocycles. The van der Waals surface area contributed by atoms with Gasteiger partial charge in [0.15, 0.2) is 0 Å². The highest BCUT2D eigenvalue weighted by molar-refractivity contribution is 5.84. The topological polar surface area (TPSA) is 35.6 Å². The lowest BCUT2D eigenvalue weighted by Crippen LogP contribution is -2.47. The molecule has 4 heteroatoms. The van der Waals surface area contributed by atoms with Gasteiger partial charge in [-0.3, -0.25) is 10.1 Å². The van der Waals surface area contributed by atoms with Gasteiger partial charge in [0.05, 0.1) is 12.2 Å². The quantitative estimate of drug-likeness (QED) is 0.784. The van der Waals surface area contributed by atoms with Crippen LogP contribution in [-0.4, -0.2) is 55.1 Å².